The summed E-state index contributed by atoms with van der Waals surface area (Å²) >= 11 is 0. The minimum atomic E-state index is -0.976. The molecule has 0 aliphatic carbocycles. The first kappa shape index (κ1) is 18.8. The molecule has 0 heterocycles. The summed E-state index contributed by atoms with van der Waals surface area (Å²) in [5, 5.41) is 13.4. The summed E-state index contributed by atoms with van der Waals surface area (Å²) in [6.07, 6.45) is -0.556. The van der Waals surface area contributed by atoms with E-state index in [2.05, 4.69) is 5.32 Å². The number of nitro benzene ring substituents is 1. The molecule has 8 nitrogen and oxygen atoms in total. The molecular weight excluding hydrogens is 340 g/mol. The molecule has 0 radical (unpaired) electrons. The van der Waals surface area contributed by atoms with Crippen LogP contribution in [0.3, 0.4) is 0 Å². The second kappa shape index (κ2) is 8.02. The number of hydrogen-bond donors (Lipinski definition) is 1. The van der Waals surface area contributed by atoms with Crippen LogP contribution in [0.5, 0.6) is 5.75 Å². The summed E-state index contributed by atoms with van der Waals surface area (Å²) in [7, 11) is 0. The zero-order chi connectivity index (χ0) is 19.3. The van der Waals surface area contributed by atoms with E-state index in [9.17, 15) is 24.5 Å². The predicted molar refractivity (Wildman–Crippen MR) is 93.7 cm³/mol. The Labute approximate surface area is 148 Å². The number of hydrogen-bond acceptors (Lipinski definition) is 6. The highest BCUT2D eigenvalue weighted by molar-refractivity contribution is 5.98. The van der Waals surface area contributed by atoms with E-state index in [0.29, 0.717) is 17.5 Å². The lowest BCUT2D eigenvalue weighted by atomic mass is 10.1. The largest absolute Gasteiger partial charge is 0.480 e. The van der Waals surface area contributed by atoms with Gasteiger partial charge in [0.25, 0.3) is 11.6 Å². The number of ether oxygens (including phenoxy) is 1. The van der Waals surface area contributed by atoms with Crippen LogP contribution in [-0.4, -0.2) is 29.0 Å². The van der Waals surface area contributed by atoms with Crippen molar-refractivity contribution < 1.29 is 24.0 Å². The number of anilines is 1. The highest BCUT2D eigenvalue weighted by Crippen LogP contribution is 2.24. The number of nitrogens with zero attached hydrogens (tertiary/aromatic N) is 1. The Kier molecular flexibility index (Phi) is 5.79. The summed E-state index contributed by atoms with van der Waals surface area (Å²) in [5.41, 5.74) is 0.600. The first-order valence-corrected chi connectivity index (χ1v) is 7.64. The van der Waals surface area contributed by atoms with E-state index in [4.69, 9.17) is 4.74 Å². The fourth-order valence-electron chi connectivity index (χ4n) is 2.15. The van der Waals surface area contributed by atoms with Crippen molar-refractivity contribution in [1.82, 2.24) is 0 Å². The molecule has 1 amide bonds. The van der Waals surface area contributed by atoms with Gasteiger partial charge in [-0.25, -0.2) is 0 Å². The standard InChI is InChI=1S/C18H16N2O6/c1-11(22)13-4-3-5-15(8-13)19-18(23)12(2)26-17-7-6-16(20(24)25)9-14(17)10-21/h3-10,12H,1-2H3,(H,19,23)/t12-/m0/s1. The average Bonchev–Trinajstić information content (AvgIpc) is 2.61. The Balaban J connectivity index is 2.12. The maximum absolute atomic E-state index is 12.3. The number of benzene rings is 2. The molecule has 0 bridgehead atoms. The van der Waals surface area contributed by atoms with Gasteiger partial charge in [-0.1, -0.05) is 12.1 Å². The van der Waals surface area contributed by atoms with Crippen LogP contribution in [0.1, 0.15) is 34.6 Å². The van der Waals surface area contributed by atoms with Crippen molar-refractivity contribution in [1.29, 1.82) is 0 Å². The first-order valence-electron chi connectivity index (χ1n) is 7.64. The monoisotopic (exact) mass is 356 g/mol. The topological polar surface area (TPSA) is 116 Å². The first-order chi connectivity index (χ1) is 12.3. The Morgan fingerprint density at radius 3 is 2.58 bits per heavy atom. The summed E-state index contributed by atoms with van der Waals surface area (Å²) in [6.45, 7) is 2.89. The van der Waals surface area contributed by atoms with Gasteiger partial charge in [-0.15, -0.1) is 0 Å². The lowest BCUT2D eigenvalue weighted by Gasteiger charge is -2.16. The lowest BCUT2D eigenvalue weighted by Crippen LogP contribution is -2.30. The van der Waals surface area contributed by atoms with Crippen molar-refractivity contribution in [2.24, 2.45) is 0 Å². The molecule has 0 saturated carbocycles. The Morgan fingerprint density at radius 1 is 1.23 bits per heavy atom. The Bertz CT molecular complexity index is 878. The molecule has 0 aromatic heterocycles. The predicted octanol–water partition coefficient (Wildman–Crippen LogP) is 3.02. The van der Waals surface area contributed by atoms with Crippen LogP contribution in [0.15, 0.2) is 42.5 Å². The summed E-state index contributed by atoms with van der Waals surface area (Å²) in [6, 6.07) is 9.95. The van der Waals surface area contributed by atoms with Crippen LogP contribution in [0.25, 0.3) is 0 Å². The van der Waals surface area contributed by atoms with Gasteiger partial charge in [0.1, 0.15) is 5.75 Å². The molecule has 2 aromatic rings. The normalized spacial score (nSPS) is 11.3. The average molecular weight is 356 g/mol. The molecule has 0 spiro atoms. The van der Waals surface area contributed by atoms with E-state index in [-0.39, 0.29) is 22.8 Å². The van der Waals surface area contributed by atoms with Crippen molar-refractivity contribution in [3.05, 3.63) is 63.7 Å². The third-order valence-electron chi connectivity index (χ3n) is 3.54. The van der Waals surface area contributed by atoms with E-state index in [1.165, 1.54) is 32.0 Å². The van der Waals surface area contributed by atoms with Crippen molar-refractivity contribution >= 4 is 29.4 Å². The van der Waals surface area contributed by atoms with Crippen LogP contribution in [-0.2, 0) is 4.79 Å². The zero-order valence-corrected chi connectivity index (χ0v) is 14.1. The van der Waals surface area contributed by atoms with Gasteiger partial charge in [0.05, 0.1) is 10.5 Å². The van der Waals surface area contributed by atoms with Crippen LogP contribution in [0, 0.1) is 10.1 Å². The van der Waals surface area contributed by atoms with E-state index in [0.717, 1.165) is 6.07 Å². The highest BCUT2D eigenvalue weighted by Gasteiger charge is 2.18. The molecule has 0 unspecified atom stereocenters. The number of rotatable bonds is 7. The van der Waals surface area contributed by atoms with Gasteiger partial charge in [-0.2, -0.15) is 0 Å². The number of carbonyl (C=O) groups is 3. The van der Waals surface area contributed by atoms with E-state index < -0.39 is 16.9 Å². The Hall–Kier alpha value is -3.55. The van der Waals surface area contributed by atoms with Gasteiger partial charge in [0, 0.05) is 23.4 Å². The van der Waals surface area contributed by atoms with Gasteiger partial charge in [-0.05, 0) is 32.0 Å². The quantitative estimate of drug-likeness (QED) is 0.353. The van der Waals surface area contributed by atoms with Crippen molar-refractivity contribution in [2.75, 3.05) is 5.32 Å². The highest BCUT2D eigenvalue weighted by atomic mass is 16.6. The molecule has 2 rings (SSSR count). The van der Waals surface area contributed by atoms with Crippen LogP contribution in [0.4, 0.5) is 11.4 Å². The number of nitrogens with one attached hydrogen (secondary N) is 1. The number of carbonyl (C=O) groups excluding carboxylic acids is 3. The van der Waals surface area contributed by atoms with Crippen molar-refractivity contribution in [3.8, 4) is 5.75 Å². The van der Waals surface area contributed by atoms with Gasteiger partial charge >= 0.3 is 0 Å². The third kappa shape index (κ3) is 4.50. The van der Waals surface area contributed by atoms with Gasteiger partial charge in [0.2, 0.25) is 0 Å². The summed E-state index contributed by atoms with van der Waals surface area (Å²) < 4.78 is 5.45. The molecule has 0 saturated heterocycles. The minimum Gasteiger partial charge on any atom is -0.480 e. The molecule has 0 aliphatic rings. The van der Waals surface area contributed by atoms with Gasteiger partial charge < -0.3 is 10.1 Å². The van der Waals surface area contributed by atoms with Crippen LogP contribution in [0.2, 0.25) is 0 Å². The number of Topliss-reactive ketones (excluding diaryl/α,β-unsaturated/α-hetero) is 1. The van der Waals surface area contributed by atoms with E-state index in [1.54, 1.807) is 18.2 Å². The maximum atomic E-state index is 12.3. The SMILES string of the molecule is CC(=O)c1cccc(NC(=O)[C@H](C)Oc2ccc([N+](=O)[O-])cc2C=O)c1. The summed E-state index contributed by atoms with van der Waals surface area (Å²) in [5.74, 6) is -0.571. The van der Waals surface area contributed by atoms with Crippen LogP contribution < -0.4 is 10.1 Å². The number of amides is 1. The molecule has 1 atom stereocenters. The third-order valence-corrected chi connectivity index (χ3v) is 3.54. The number of nitro groups is 1. The lowest BCUT2D eigenvalue weighted by molar-refractivity contribution is -0.384. The van der Waals surface area contributed by atoms with Gasteiger partial charge in [-0.3, -0.25) is 24.5 Å². The summed E-state index contributed by atoms with van der Waals surface area (Å²) in [4.78, 5) is 44.9. The molecule has 26 heavy (non-hydrogen) atoms. The molecule has 134 valence electrons. The zero-order valence-electron chi connectivity index (χ0n) is 14.1. The molecule has 2 aromatic carbocycles. The fraction of sp³-hybridized carbons (Fsp3) is 0.167. The maximum Gasteiger partial charge on any atom is 0.270 e. The second-order valence-electron chi connectivity index (χ2n) is 5.48. The smallest absolute Gasteiger partial charge is 0.270 e. The minimum absolute atomic E-state index is 0.0302. The van der Waals surface area contributed by atoms with Crippen LogP contribution >= 0.6 is 0 Å². The van der Waals surface area contributed by atoms with E-state index >= 15 is 0 Å². The molecule has 1 N–H and O–H groups in total. The Morgan fingerprint density at radius 2 is 1.96 bits per heavy atom. The fourth-order valence-corrected chi connectivity index (χ4v) is 2.15. The van der Waals surface area contributed by atoms with Crippen molar-refractivity contribution in [3.63, 3.8) is 0 Å². The van der Waals surface area contributed by atoms with Gasteiger partial charge in [0.15, 0.2) is 18.2 Å². The second-order valence-corrected chi connectivity index (χ2v) is 5.48. The molecule has 0 aliphatic heterocycles. The van der Waals surface area contributed by atoms with E-state index in [1.807, 2.05) is 0 Å². The number of aldehydes is 1. The molecule has 8 heteroatoms. The molecular formula is C18H16N2O6. The molecule has 0 fully saturated rings. The number of non-ortho nitro benzene ring substituents is 1. The number of ketones is 1. The van der Waals surface area contributed by atoms with Crippen molar-refractivity contribution in [2.45, 2.75) is 20.0 Å².